The SMILES string of the molecule is CC(C)NCc1cc(S(=O)(=O)N(C)C2CCCC2)cn1C. The lowest BCUT2D eigenvalue weighted by Gasteiger charge is -2.22. The van der Waals surface area contributed by atoms with Crippen LogP contribution in [0.3, 0.4) is 0 Å². The Balaban J connectivity index is 2.18. The van der Waals surface area contributed by atoms with Crippen molar-refractivity contribution in [2.75, 3.05) is 7.05 Å². The van der Waals surface area contributed by atoms with Crippen molar-refractivity contribution >= 4 is 10.0 Å². The van der Waals surface area contributed by atoms with E-state index in [4.69, 9.17) is 0 Å². The molecule has 0 radical (unpaired) electrons. The van der Waals surface area contributed by atoms with Crippen molar-refractivity contribution in [1.29, 1.82) is 0 Å². The highest BCUT2D eigenvalue weighted by Crippen LogP contribution is 2.27. The second-order valence-corrected chi connectivity index (χ2v) is 8.27. The predicted octanol–water partition coefficient (Wildman–Crippen LogP) is 2.09. The third-order valence-electron chi connectivity index (χ3n) is 4.29. The van der Waals surface area contributed by atoms with E-state index in [0.29, 0.717) is 17.5 Å². The molecule has 1 saturated carbocycles. The summed E-state index contributed by atoms with van der Waals surface area (Å²) in [5.41, 5.74) is 0.988. The van der Waals surface area contributed by atoms with E-state index in [9.17, 15) is 8.42 Å². The zero-order valence-corrected chi connectivity index (χ0v) is 14.3. The Labute approximate surface area is 128 Å². The summed E-state index contributed by atoms with van der Waals surface area (Å²) >= 11 is 0. The highest BCUT2D eigenvalue weighted by Gasteiger charge is 2.30. The number of hydrogen-bond acceptors (Lipinski definition) is 3. The molecule has 0 atom stereocenters. The molecule has 1 aromatic rings. The highest BCUT2D eigenvalue weighted by molar-refractivity contribution is 7.89. The van der Waals surface area contributed by atoms with E-state index in [1.807, 2.05) is 11.6 Å². The van der Waals surface area contributed by atoms with Crippen LogP contribution in [-0.2, 0) is 23.6 Å². The normalized spacial score (nSPS) is 17.2. The van der Waals surface area contributed by atoms with E-state index >= 15 is 0 Å². The first-order valence-corrected chi connectivity index (χ1v) is 9.13. The van der Waals surface area contributed by atoms with Gasteiger partial charge in [-0.25, -0.2) is 8.42 Å². The van der Waals surface area contributed by atoms with Gasteiger partial charge in [0.05, 0.1) is 0 Å². The van der Waals surface area contributed by atoms with Crippen LogP contribution in [0.4, 0.5) is 0 Å². The Morgan fingerprint density at radius 3 is 2.57 bits per heavy atom. The molecule has 0 aliphatic heterocycles. The van der Waals surface area contributed by atoms with Gasteiger partial charge in [0.25, 0.3) is 0 Å². The molecule has 1 aliphatic carbocycles. The van der Waals surface area contributed by atoms with Crippen LogP contribution in [0, 0.1) is 0 Å². The van der Waals surface area contributed by atoms with Gasteiger partial charge in [-0.2, -0.15) is 4.31 Å². The molecule has 1 aliphatic rings. The number of sulfonamides is 1. The molecule has 0 aromatic carbocycles. The summed E-state index contributed by atoms with van der Waals surface area (Å²) in [6.45, 7) is 4.83. The van der Waals surface area contributed by atoms with Crippen LogP contribution in [0.25, 0.3) is 0 Å². The molecule has 0 spiro atoms. The first-order chi connectivity index (χ1) is 9.82. The van der Waals surface area contributed by atoms with Gasteiger partial charge in [0.15, 0.2) is 0 Å². The molecule has 1 N–H and O–H groups in total. The minimum Gasteiger partial charge on any atom is -0.352 e. The topological polar surface area (TPSA) is 54.3 Å². The van der Waals surface area contributed by atoms with Crippen molar-refractivity contribution in [1.82, 2.24) is 14.2 Å². The molecule has 1 fully saturated rings. The predicted molar refractivity (Wildman–Crippen MR) is 84.6 cm³/mol. The van der Waals surface area contributed by atoms with E-state index in [2.05, 4.69) is 19.2 Å². The fraction of sp³-hybridized carbons (Fsp3) is 0.733. The van der Waals surface area contributed by atoms with Gasteiger partial charge in [0.2, 0.25) is 10.0 Å². The van der Waals surface area contributed by atoms with Crippen molar-refractivity contribution in [2.45, 2.75) is 63.1 Å². The quantitative estimate of drug-likeness (QED) is 0.875. The third kappa shape index (κ3) is 3.67. The van der Waals surface area contributed by atoms with Crippen molar-refractivity contribution in [2.24, 2.45) is 7.05 Å². The Morgan fingerprint density at radius 1 is 1.38 bits per heavy atom. The van der Waals surface area contributed by atoms with Gasteiger partial charge in [0.1, 0.15) is 4.90 Å². The Hall–Kier alpha value is -0.850. The number of aryl methyl sites for hydroxylation is 1. The van der Waals surface area contributed by atoms with Gasteiger partial charge in [-0.05, 0) is 18.9 Å². The molecule has 0 unspecified atom stereocenters. The lowest BCUT2D eigenvalue weighted by Crippen LogP contribution is -2.35. The second-order valence-electron chi connectivity index (χ2n) is 6.27. The third-order valence-corrected chi connectivity index (χ3v) is 6.17. The van der Waals surface area contributed by atoms with Crippen LogP contribution in [-0.4, -0.2) is 36.4 Å². The summed E-state index contributed by atoms with van der Waals surface area (Å²) in [6, 6.07) is 2.32. The average Bonchev–Trinajstić information content (AvgIpc) is 3.05. The smallest absolute Gasteiger partial charge is 0.244 e. The highest BCUT2D eigenvalue weighted by atomic mass is 32.2. The van der Waals surface area contributed by atoms with E-state index in [1.54, 1.807) is 23.6 Å². The fourth-order valence-corrected chi connectivity index (χ4v) is 4.35. The number of rotatable bonds is 6. The van der Waals surface area contributed by atoms with E-state index in [1.165, 1.54) is 0 Å². The van der Waals surface area contributed by atoms with Crippen LogP contribution in [0.2, 0.25) is 0 Å². The van der Waals surface area contributed by atoms with E-state index in [0.717, 1.165) is 31.4 Å². The molecule has 6 heteroatoms. The maximum Gasteiger partial charge on any atom is 0.244 e. The average molecular weight is 313 g/mol. The summed E-state index contributed by atoms with van der Waals surface area (Å²) < 4.78 is 28.9. The van der Waals surface area contributed by atoms with Crippen LogP contribution >= 0.6 is 0 Å². The van der Waals surface area contributed by atoms with Crippen LogP contribution < -0.4 is 5.32 Å². The molecule has 0 saturated heterocycles. The number of nitrogens with one attached hydrogen (secondary N) is 1. The van der Waals surface area contributed by atoms with Gasteiger partial charge in [-0.15, -0.1) is 0 Å². The van der Waals surface area contributed by atoms with Gasteiger partial charge in [0, 0.05) is 44.6 Å². The minimum absolute atomic E-state index is 0.160. The molecular formula is C15H27N3O2S. The van der Waals surface area contributed by atoms with Gasteiger partial charge < -0.3 is 9.88 Å². The van der Waals surface area contributed by atoms with E-state index < -0.39 is 10.0 Å². The molecule has 21 heavy (non-hydrogen) atoms. The molecule has 5 nitrogen and oxygen atoms in total. The summed E-state index contributed by atoms with van der Waals surface area (Å²) in [4.78, 5) is 0.403. The molecule has 1 heterocycles. The van der Waals surface area contributed by atoms with Crippen molar-refractivity contribution in [3.8, 4) is 0 Å². The molecular weight excluding hydrogens is 286 g/mol. The first-order valence-electron chi connectivity index (χ1n) is 7.69. The number of nitrogens with zero attached hydrogens (tertiary/aromatic N) is 2. The maximum absolute atomic E-state index is 12.7. The van der Waals surface area contributed by atoms with Crippen molar-refractivity contribution in [3.05, 3.63) is 18.0 Å². The first kappa shape index (κ1) is 16.5. The summed E-state index contributed by atoms with van der Waals surface area (Å²) in [5, 5.41) is 3.32. The molecule has 120 valence electrons. The van der Waals surface area contributed by atoms with Crippen LogP contribution in [0.15, 0.2) is 17.2 Å². The summed E-state index contributed by atoms with van der Waals surface area (Å²) in [7, 11) is 0.230. The zero-order valence-electron chi connectivity index (χ0n) is 13.5. The molecule has 2 rings (SSSR count). The van der Waals surface area contributed by atoms with Crippen LogP contribution in [0.1, 0.15) is 45.2 Å². The Morgan fingerprint density at radius 2 is 2.00 bits per heavy atom. The minimum atomic E-state index is -3.38. The molecule has 1 aromatic heterocycles. The van der Waals surface area contributed by atoms with Crippen molar-refractivity contribution in [3.63, 3.8) is 0 Å². The Kier molecular flexibility index (Phi) is 5.11. The zero-order chi connectivity index (χ0) is 15.6. The van der Waals surface area contributed by atoms with Gasteiger partial charge in [-0.1, -0.05) is 26.7 Å². The molecule has 0 bridgehead atoms. The van der Waals surface area contributed by atoms with Crippen LogP contribution in [0.5, 0.6) is 0 Å². The fourth-order valence-electron chi connectivity index (χ4n) is 2.83. The molecule has 0 amide bonds. The van der Waals surface area contributed by atoms with Gasteiger partial charge in [-0.3, -0.25) is 0 Å². The maximum atomic E-state index is 12.7. The standard InChI is InChI=1S/C15H27N3O2S/c1-12(2)16-10-14-9-15(11-17(14)3)21(19,20)18(4)13-7-5-6-8-13/h9,11-13,16H,5-8,10H2,1-4H3. The summed E-state index contributed by atoms with van der Waals surface area (Å²) in [6.07, 6.45) is 5.93. The number of hydrogen-bond donors (Lipinski definition) is 1. The monoisotopic (exact) mass is 313 g/mol. The summed E-state index contributed by atoms with van der Waals surface area (Å²) in [5.74, 6) is 0. The van der Waals surface area contributed by atoms with Gasteiger partial charge >= 0.3 is 0 Å². The second kappa shape index (κ2) is 6.50. The lowest BCUT2D eigenvalue weighted by molar-refractivity contribution is 0.373. The lowest BCUT2D eigenvalue weighted by atomic mass is 10.3. The largest absolute Gasteiger partial charge is 0.352 e. The van der Waals surface area contributed by atoms with E-state index in [-0.39, 0.29) is 6.04 Å². The van der Waals surface area contributed by atoms with Crippen molar-refractivity contribution < 1.29 is 8.42 Å². The Bertz CT molecular complexity index is 572. The number of aromatic nitrogens is 1.